The van der Waals surface area contributed by atoms with Crippen molar-refractivity contribution in [3.05, 3.63) is 28.7 Å². The number of aromatic nitrogens is 2. The third-order valence-corrected chi connectivity index (χ3v) is 2.47. The Labute approximate surface area is 89.3 Å². The number of amidine groups is 1. The molecular formula is C10H7FN4O. The molecule has 0 radical (unpaired) electrons. The van der Waals surface area contributed by atoms with Crippen LogP contribution in [-0.2, 0) is 7.05 Å². The highest BCUT2D eigenvalue weighted by atomic mass is 19.1. The molecule has 2 aromatic heterocycles. The zero-order valence-corrected chi connectivity index (χ0v) is 8.36. The standard InChI is InChI=1S/C10H7FN4O/c1-15-4-5-2-3-6(16)12-8-7(5)9(15)14-10(11)13-8/h2-4H,1H3,(H,12,13,14,16). The molecule has 2 aromatic rings. The first kappa shape index (κ1) is 9.02. The van der Waals surface area contributed by atoms with Crippen molar-refractivity contribution in [1.82, 2.24) is 9.55 Å². The lowest BCUT2D eigenvalue weighted by Crippen LogP contribution is -2.13. The molecular weight excluding hydrogens is 211 g/mol. The molecule has 3 rings (SSSR count). The molecule has 0 atom stereocenters. The molecule has 5 nitrogen and oxygen atoms in total. The van der Waals surface area contributed by atoms with E-state index in [4.69, 9.17) is 0 Å². The van der Waals surface area contributed by atoms with Gasteiger partial charge >= 0.3 is 0 Å². The average Bonchev–Trinajstić information content (AvgIpc) is 2.43. The maximum absolute atomic E-state index is 13.2. The van der Waals surface area contributed by atoms with Crippen LogP contribution in [0.15, 0.2) is 28.1 Å². The second-order valence-electron chi connectivity index (χ2n) is 3.55. The number of nitrogens with one attached hydrogen (secondary N) is 1. The molecule has 0 saturated carbocycles. The van der Waals surface area contributed by atoms with Gasteiger partial charge in [-0.15, -0.1) is 0 Å². The van der Waals surface area contributed by atoms with E-state index >= 15 is 0 Å². The minimum absolute atomic E-state index is 0.216. The fourth-order valence-corrected chi connectivity index (χ4v) is 1.82. The molecule has 0 aromatic carbocycles. The Hall–Kier alpha value is -2.24. The van der Waals surface area contributed by atoms with E-state index in [0.717, 1.165) is 5.39 Å². The Balaban J connectivity index is 2.56. The van der Waals surface area contributed by atoms with E-state index < -0.39 is 11.6 Å². The molecule has 0 spiro atoms. The summed E-state index contributed by atoms with van der Waals surface area (Å²) in [5.74, 6) is 0.678. The number of nitrogens with zero attached hydrogens (tertiary/aromatic N) is 3. The van der Waals surface area contributed by atoms with Gasteiger partial charge in [-0.05, 0) is 6.07 Å². The molecule has 0 fully saturated rings. The Morgan fingerprint density at radius 3 is 3.06 bits per heavy atom. The van der Waals surface area contributed by atoms with Crippen LogP contribution in [-0.4, -0.2) is 15.6 Å². The number of hydrogen-bond donors (Lipinski definition) is 1. The Bertz CT molecular complexity index is 689. The number of aliphatic imine (C=N–C) groups is 1. The lowest BCUT2D eigenvalue weighted by atomic mass is 10.2. The maximum atomic E-state index is 13.2. The predicted octanol–water partition coefficient (Wildman–Crippen LogP) is 1.32. The quantitative estimate of drug-likeness (QED) is 0.678. The SMILES string of the molecule is Cn1cc2ccc(=O)nc3c2c1N=C(F)N3. The highest BCUT2D eigenvalue weighted by Crippen LogP contribution is 2.34. The summed E-state index contributed by atoms with van der Waals surface area (Å²) in [4.78, 5) is 18.8. The van der Waals surface area contributed by atoms with E-state index in [-0.39, 0.29) is 5.82 Å². The van der Waals surface area contributed by atoms with Crippen LogP contribution in [0.5, 0.6) is 0 Å². The van der Waals surface area contributed by atoms with Crippen molar-refractivity contribution in [3.8, 4) is 0 Å². The summed E-state index contributed by atoms with van der Waals surface area (Å²) in [6.07, 6.45) is 1.02. The molecule has 1 aliphatic heterocycles. The van der Waals surface area contributed by atoms with Gasteiger partial charge in [-0.25, -0.2) is 0 Å². The van der Waals surface area contributed by atoms with Gasteiger partial charge in [-0.1, -0.05) is 0 Å². The number of halogens is 1. The van der Waals surface area contributed by atoms with Crippen molar-refractivity contribution in [3.63, 3.8) is 0 Å². The topological polar surface area (TPSA) is 59.3 Å². The van der Waals surface area contributed by atoms with Gasteiger partial charge < -0.3 is 4.57 Å². The normalized spacial score (nSPS) is 13.5. The van der Waals surface area contributed by atoms with Crippen LogP contribution in [0, 0.1) is 0 Å². The molecule has 0 saturated heterocycles. The van der Waals surface area contributed by atoms with Gasteiger partial charge in [0.2, 0.25) is 0 Å². The number of anilines is 1. The first-order valence-corrected chi connectivity index (χ1v) is 4.67. The summed E-state index contributed by atoms with van der Waals surface area (Å²) >= 11 is 0. The van der Waals surface area contributed by atoms with E-state index in [1.807, 2.05) is 0 Å². The van der Waals surface area contributed by atoms with Crippen molar-refractivity contribution in [2.45, 2.75) is 0 Å². The lowest BCUT2D eigenvalue weighted by molar-refractivity contribution is 0.793. The molecule has 80 valence electrons. The minimum atomic E-state index is -0.756. The highest BCUT2D eigenvalue weighted by molar-refractivity contribution is 6.09. The van der Waals surface area contributed by atoms with Crippen molar-refractivity contribution < 1.29 is 4.39 Å². The van der Waals surface area contributed by atoms with Crippen LogP contribution >= 0.6 is 0 Å². The minimum Gasteiger partial charge on any atom is -0.335 e. The van der Waals surface area contributed by atoms with E-state index in [9.17, 15) is 9.18 Å². The van der Waals surface area contributed by atoms with Crippen molar-refractivity contribution >= 4 is 28.5 Å². The van der Waals surface area contributed by atoms with E-state index in [1.165, 1.54) is 6.07 Å². The average molecular weight is 218 g/mol. The maximum Gasteiger partial charge on any atom is 0.290 e. The third-order valence-electron chi connectivity index (χ3n) is 2.47. The van der Waals surface area contributed by atoms with E-state index in [0.29, 0.717) is 11.2 Å². The zero-order chi connectivity index (χ0) is 11.3. The molecule has 0 aliphatic carbocycles. The van der Waals surface area contributed by atoms with Crippen LogP contribution in [0.2, 0.25) is 0 Å². The molecule has 1 N–H and O–H groups in total. The van der Waals surface area contributed by atoms with E-state index in [2.05, 4.69) is 15.3 Å². The molecule has 6 heteroatoms. The van der Waals surface area contributed by atoms with Gasteiger partial charge in [-0.2, -0.15) is 14.4 Å². The molecule has 16 heavy (non-hydrogen) atoms. The smallest absolute Gasteiger partial charge is 0.290 e. The van der Waals surface area contributed by atoms with Gasteiger partial charge in [0.1, 0.15) is 11.6 Å². The summed E-state index contributed by atoms with van der Waals surface area (Å²) < 4.78 is 14.9. The molecule has 0 bridgehead atoms. The summed E-state index contributed by atoms with van der Waals surface area (Å²) in [5.41, 5.74) is -0.415. The van der Waals surface area contributed by atoms with Crippen LogP contribution < -0.4 is 10.9 Å². The van der Waals surface area contributed by atoms with Crippen molar-refractivity contribution in [1.29, 1.82) is 0 Å². The van der Waals surface area contributed by atoms with Crippen molar-refractivity contribution in [2.24, 2.45) is 12.0 Å². The van der Waals surface area contributed by atoms with Gasteiger partial charge in [-0.3, -0.25) is 10.1 Å². The van der Waals surface area contributed by atoms with Crippen LogP contribution in [0.25, 0.3) is 10.8 Å². The largest absolute Gasteiger partial charge is 0.335 e. The number of aryl methyl sites for hydroxylation is 1. The zero-order valence-electron chi connectivity index (χ0n) is 8.36. The first-order valence-electron chi connectivity index (χ1n) is 4.67. The highest BCUT2D eigenvalue weighted by Gasteiger charge is 2.18. The summed E-state index contributed by atoms with van der Waals surface area (Å²) in [5, 5.41) is 3.81. The lowest BCUT2D eigenvalue weighted by Gasteiger charge is -2.08. The Morgan fingerprint density at radius 2 is 2.25 bits per heavy atom. The Kier molecular flexibility index (Phi) is 1.62. The Morgan fingerprint density at radius 1 is 1.44 bits per heavy atom. The first-order chi connectivity index (χ1) is 7.65. The van der Waals surface area contributed by atoms with Crippen LogP contribution in [0.3, 0.4) is 0 Å². The number of hydrogen-bond acceptors (Lipinski definition) is 4. The fourth-order valence-electron chi connectivity index (χ4n) is 1.82. The van der Waals surface area contributed by atoms with Crippen molar-refractivity contribution in [2.75, 3.05) is 5.32 Å². The monoisotopic (exact) mass is 218 g/mol. The van der Waals surface area contributed by atoms with Gasteiger partial charge in [0, 0.05) is 24.7 Å². The molecule has 3 heterocycles. The number of rotatable bonds is 0. The van der Waals surface area contributed by atoms with Crippen LogP contribution in [0.4, 0.5) is 16.0 Å². The molecule has 0 amide bonds. The summed E-state index contributed by atoms with van der Waals surface area (Å²) in [6, 6.07) is 3.00. The summed E-state index contributed by atoms with van der Waals surface area (Å²) in [7, 11) is 1.76. The van der Waals surface area contributed by atoms with Gasteiger partial charge in [0.05, 0.1) is 5.39 Å². The molecule has 0 unspecified atom stereocenters. The second-order valence-corrected chi connectivity index (χ2v) is 3.55. The fraction of sp³-hybridized carbons (Fsp3) is 0.100. The van der Waals surface area contributed by atoms with Crippen LogP contribution in [0.1, 0.15) is 0 Å². The van der Waals surface area contributed by atoms with Gasteiger partial charge in [0.25, 0.3) is 11.6 Å². The third kappa shape index (κ3) is 1.13. The van der Waals surface area contributed by atoms with Gasteiger partial charge in [0.15, 0.2) is 0 Å². The second kappa shape index (κ2) is 2.88. The van der Waals surface area contributed by atoms with E-state index in [1.54, 1.807) is 23.9 Å². The summed E-state index contributed by atoms with van der Waals surface area (Å²) in [6.45, 7) is 0. The predicted molar refractivity (Wildman–Crippen MR) is 58.8 cm³/mol. The molecule has 1 aliphatic rings.